The zero-order chi connectivity index (χ0) is 23.5. The number of carbonyl (C=O) groups excluding carboxylic acids is 2. The minimum atomic E-state index is -0.0516. The van der Waals surface area contributed by atoms with Crippen LogP contribution in [0.4, 0.5) is 0 Å². The normalized spacial score (nSPS) is 16.2. The van der Waals surface area contributed by atoms with Gasteiger partial charge in [-0.05, 0) is 50.0 Å². The molecule has 2 atom stereocenters. The van der Waals surface area contributed by atoms with Gasteiger partial charge in [0.25, 0.3) is 0 Å². The Morgan fingerprint density at radius 3 is 2.00 bits per heavy atom. The first-order valence-corrected chi connectivity index (χ1v) is 12.8. The van der Waals surface area contributed by atoms with Gasteiger partial charge in [0.2, 0.25) is 0 Å². The highest BCUT2D eigenvalue weighted by atomic mass is 16.1. The second kappa shape index (κ2) is 13.6. The van der Waals surface area contributed by atoms with Gasteiger partial charge in [-0.3, -0.25) is 9.59 Å². The topological polar surface area (TPSA) is 34.1 Å². The molecule has 32 heavy (non-hydrogen) atoms. The summed E-state index contributed by atoms with van der Waals surface area (Å²) in [6.07, 6.45) is 15.9. The molecule has 0 aromatic heterocycles. The second-order valence-electron chi connectivity index (χ2n) is 10.5. The summed E-state index contributed by atoms with van der Waals surface area (Å²) in [6.45, 7) is 11.6. The number of ketones is 2. The summed E-state index contributed by atoms with van der Waals surface area (Å²) in [6, 6.07) is 7.12. The van der Waals surface area contributed by atoms with Crippen LogP contribution in [-0.4, -0.2) is 11.6 Å². The van der Waals surface area contributed by atoms with Crippen LogP contribution in [0.1, 0.15) is 120 Å². The fourth-order valence-electron chi connectivity index (χ4n) is 4.62. The van der Waals surface area contributed by atoms with Crippen molar-refractivity contribution in [2.45, 2.75) is 98.8 Å². The Hall–Kier alpha value is -1.96. The van der Waals surface area contributed by atoms with Gasteiger partial charge in [-0.15, -0.1) is 0 Å². The van der Waals surface area contributed by atoms with Gasteiger partial charge in [-0.25, -0.2) is 0 Å². The van der Waals surface area contributed by atoms with E-state index < -0.39 is 0 Å². The van der Waals surface area contributed by atoms with Crippen LogP contribution in [0.25, 0.3) is 0 Å². The lowest BCUT2D eigenvalue weighted by Crippen LogP contribution is -2.16. The van der Waals surface area contributed by atoms with Gasteiger partial charge >= 0.3 is 0 Å². The summed E-state index contributed by atoms with van der Waals surface area (Å²) in [4.78, 5) is 25.0. The fraction of sp³-hybridized carbons (Fsp3) is 0.600. The van der Waals surface area contributed by atoms with Crippen LogP contribution in [0.2, 0.25) is 0 Å². The molecule has 176 valence electrons. The van der Waals surface area contributed by atoms with Gasteiger partial charge < -0.3 is 0 Å². The third-order valence-electron chi connectivity index (χ3n) is 6.84. The predicted octanol–water partition coefficient (Wildman–Crippen LogP) is 8.77. The molecule has 0 N–H and O–H groups in total. The average Bonchev–Trinajstić information content (AvgIpc) is 2.75. The van der Waals surface area contributed by atoms with Crippen molar-refractivity contribution >= 4 is 11.6 Å². The van der Waals surface area contributed by atoms with Crippen molar-refractivity contribution in [2.75, 3.05) is 0 Å². The van der Waals surface area contributed by atoms with E-state index in [0.717, 1.165) is 24.2 Å². The number of allylic oxidation sites excluding steroid dienone is 4. The van der Waals surface area contributed by atoms with Crippen molar-refractivity contribution in [2.24, 2.45) is 17.8 Å². The molecule has 1 aromatic carbocycles. The number of carbonyl (C=O) groups is 2. The summed E-state index contributed by atoms with van der Waals surface area (Å²) in [7, 11) is 0. The average molecular weight is 437 g/mol. The molecule has 0 amide bonds. The van der Waals surface area contributed by atoms with Crippen LogP contribution in [0.15, 0.2) is 47.6 Å². The van der Waals surface area contributed by atoms with Gasteiger partial charge in [-0.2, -0.15) is 0 Å². The molecule has 2 nitrogen and oxygen atoms in total. The third kappa shape index (κ3) is 8.88. The molecule has 1 aromatic rings. The summed E-state index contributed by atoms with van der Waals surface area (Å²) in [5, 5.41) is 0. The van der Waals surface area contributed by atoms with Gasteiger partial charge in [0.05, 0.1) is 0 Å². The lowest BCUT2D eigenvalue weighted by atomic mass is 9.87. The Labute approximate surface area is 196 Å². The number of hydrogen-bond acceptors (Lipinski definition) is 2. The van der Waals surface area contributed by atoms with Crippen LogP contribution < -0.4 is 0 Å². The maximum atomic E-state index is 12.7. The Morgan fingerprint density at radius 1 is 0.812 bits per heavy atom. The molecule has 0 saturated heterocycles. The first-order chi connectivity index (χ1) is 15.3. The molecule has 0 spiro atoms. The van der Waals surface area contributed by atoms with Gasteiger partial charge in [0, 0.05) is 16.7 Å². The minimum absolute atomic E-state index is 0.00342. The number of benzene rings is 1. The first kappa shape index (κ1) is 26.3. The van der Waals surface area contributed by atoms with Crippen molar-refractivity contribution in [1.29, 1.82) is 0 Å². The molecule has 2 rings (SSSR count). The molecular weight excluding hydrogens is 392 g/mol. The number of rotatable bonds is 14. The number of hydrogen-bond donors (Lipinski definition) is 0. The number of fused-ring (bicyclic) bond motifs is 1. The van der Waals surface area contributed by atoms with Crippen molar-refractivity contribution in [3.05, 3.63) is 58.7 Å². The standard InChI is InChI=1S/C30H44O2/c1-22(2)11-8-12-23(3)13-9-14-24(4)15-10-16-25(5)19-20-26-21-29(31)27-17-6-7-18-28(27)30(26)32/h6-7,17-19,21-24H,8-16,20H2,1-5H3/t23-,24-/m1/s1. The highest BCUT2D eigenvalue weighted by molar-refractivity contribution is 6.24. The Morgan fingerprint density at radius 2 is 1.38 bits per heavy atom. The zero-order valence-electron chi connectivity index (χ0n) is 21.1. The van der Waals surface area contributed by atoms with Crippen LogP contribution in [0, 0.1) is 17.8 Å². The summed E-state index contributed by atoms with van der Waals surface area (Å²) in [5.74, 6) is 2.42. The monoisotopic (exact) mass is 436 g/mol. The molecule has 0 bridgehead atoms. The Kier molecular flexibility index (Phi) is 11.1. The summed E-state index contributed by atoms with van der Waals surface area (Å²) in [5.41, 5.74) is 3.00. The molecule has 1 aliphatic rings. The van der Waals surface area contributed by atoms with Crippen LogP contribution in [0.5, 0.6) is 0 Å². The fourth-order valence-corrected chi connectivity index (χ4v) is 4.62. The zero-order valence-corrected chi connectivity index (χ0v) is 21.1. The van der Waals surface area contributed by atoms with Gasteiger partial charge in [0.15, 0.2) is 11.6 Å². The van der Waals surface area contributed by atoms with E-state index in [1.165, 1.54) is 63.0 Å². The van der Waals surface area contributed by atoms with E-state index in [9.17, 15) is 9.59 Å². The van der Waals surface area contributed by atoms with E-state index in [-0.39, 0.29) is 11.6 Å². The minimum Gasteiger partial charge on any atom is -0.289 e. The molecule has 0 radical (unpaired) electrons. The van der Waals surface area contributed by atoms with E-state index in [0.29, 0.717) is 23.1 Å². The van der Waals surface area contributed by atoms with Crippen LogP contribution >= 0.6 is 0 Å². The van der Waals surface area contributed by atoms with Gasteiger partial charge in [-0.1, -0.05) is 109 Å². The van der Waals surface area contributed by atoms with Crippen molar-refractivity contribution in [3.63, 3.8) is 0 Å². The van der Waals surface area contributed by atoms with Crippen molar-refractivity contribution in [1.82, 2.24) is 0 Å². The highest BCUT2D eigenvalue weighted by Crippen LogP contribution is 2.25. The second-order valence-corrected chi connectivity index (χ2v) is 10.5. The Balaban J connectivity index is 1.65. The molecule has 0 aliphatic heterocycles. The third-order valence-corrected chi connectivity index (χ3v) is 6.84. The molecule has 0 unspecified atom stereocenters. The predicted molar refractivity (Wildman–Crippen MR) is 136 cm³/mol. The van der Waals surface area contributed by atoms with Crippen molar-refractivity contribution < 1.29 is 9.59 Å². The Bertz CT molecular complexity index is 812. The van der Waals surface area contributed by atoms with Gasteiger partial charge in [0.1, 0.15) is 0 Å². The quantitative estimate of drug-likeness (QED) is 0.273. The largest absolute Gasteiger partial charge is 0.289 e. The van der Waals surface area contributed by atoms with Crippen LogP contribution in [-0.2, 0) is 0 Å². The van der Waals surface area contributed by atoms with E-state index in [4.69, 9.17) is 0 Å². The molecule has 0 heterocycles. The lowest BCUT2D eigenvalue weighted by Gasteiger charge is -2.15. The maximum Gasteiger partial charge on any atom is 0.190 e. The smallest absolute Gasteiger partial charge is 0.190 e. The van der Waals surface area contributed by atoms with E-state index in [1.54, 1.807) is 12.1 Å². The highest BCUT2D eigenvalue weighted by Gasteiger charge is 2.24. The van der Waals surface area contributed by atoms with E-state index in [2.05, 4.69) is 40.7 Å². The molecular formula is C30H44O2. The van der Waals surface area contributed by atoms with E-state index >= 15 is 0 Å². The first-order valence-electron chi connectivity index (χ1n) is 12.8. The lowest BCUT2D eigenvalue weighted by molar-refractivity contribution is 0.0983. The molecule has 0 fully saturated rings. The summed E-state index contributed by atoms with van der Waals surface area (Å²) >= 11 is 0. The molecule has 0 saturated carbocycles. The molecule has 1 aliphatic carbocycles. The van der Waals surface area contributed by atoms with E-state index in [1.807, 2.05) is 12.1 Å². The summed E-state index contributed by atoms with van der Waals surface area (Å²) < 4.78 is 0. The maximum absolute atomic E-state index is 12.7. The number of Topliss-reactive ketones (excluding diaryl/α,β-unsaturated/α-hetero) is 1. The van der Waals surface area contributed by atoms with Crippen molar-refractivity contribution in [3.8, 4) is 0 Å². The SMILES string of the molecule is CC(=CCC1=CC(=O)c2ccccc2C1=O)CCC[C@H](C)CCC[C@H](C)CCCC(C)C. The molecule has 2 heteroatoms. The van der Waals surface area contributed by atoms with Crippen LogP contribution in [0.3, 0.4) is 0 Å².